The third-order valence-electron chi connectivity index (χ3n) is 5.34. The van der Waals surface area contributed by atoms with Gasteiger partial charge in [0.05, 0.1) is 38.1 Å². The molecule has 0 aromatic carbocycles. The molecule has 5 atom stereocenters. The van der Waals surface area contributed by atoms with Gasteiger partial charge >= 0.3 is 0 Å². The van der Waals surface area contributed by atoms with Crippen LogP contribution in [-0.4, -0.2) is 75.7 Å². The predicted octanol–water partition coefficient (Wildman–Crippen LogP) is 0.0864. The quantitative estimate of drug-likeness (QED) is 0.578. The van der Waals surface area contributed by atoms with Crippen molar-refractivity contribution in [3.8, 4) is 0 Å². The molecule has 0 saturated carbocycles. The summed E-state index contributed by atoms with van der Waals surface area (Å²) in [4.78, 5) is 6.84. The fourth-order valence-corrected chi connectivity index (χ4v) is 4.32. The van der Waals surface area contributed by atoms with Gasteiger partial charge in [-0.15, -0.1) is 0 Å². The number of hydrogen-bond acceptors (Lipinski definition) is 4. The van der Waals surface area contributed by atoms with Gasteiger partial charge in [-0.1, -0.05) is 0 Å². The molecule has 6 nitrogen and oxygen atoms in total. The Morgan fingerprint density at radius 3 is 2.57 bits per heavy atom. The average Bonchev–Trinajstić information content (AvgIpc) is 3.21. The molecular weight excluding hydrogens is 270 g/mol. The number of hydrogen-bond donors (Lipinski definition) is 1. The van der Waals surface area contributed by atoms with Crippen molar-refractivity contribution in [2.24, 2.45) is 16.8 Å². The van der Waals surface area contributed by atoms with E-state index in [0.717, 1.165) is 25.6 Å². The van der Waals surface area contributed by atoms with E-state index in [2.05, 4.69) is 15.2 Å². The minimum Gasteiger partial charge on any atom is -0.376 e. The van der Waals surface area contributed by atoms with Crippen molar-refractivity contribution in [2.75, 3.05) is 46.5 Å². The van der Waals surface area contributed by atoms with Gasteiger partial charge in [0.15, 0.2) is 5.96 Å². The second-order valence-corrected chi connectivity index (χ2v) is 6.52. The summed E-state index contributed by atoms with van der Waals surface area (Å²) in [6.45, 7) is 5.00. The van der Waals surface area contributed by atoms with Gasteiger partial charge in [0.25, 0.3) is 0 Å². The fraction of sp³-hybridized carbons (Fsp3) is 0.933. The van der Waals surface area contributed by atoms with Gasteiger partial charge in [-0.2, -0.15) is 0 Å². The normalized spacial score (nSPS) is 42.4. The first-order valence-electron chi connectivity index (χ1n) is 8.15. The van der Waals surface area contributed by atoms with Crippen LogP contribution in [0.15, 0.2) is 4.99 Å². The van der Waals surface area contributed by atoms with Gasteiger partial charge in [0.2, 0.25) is 0 Å². The Balaban J connectivity index is 1.32. The van der Waals surface area contributed by atoms with E-state index < -0.39 is 0 Å². The third-order valence-corrected chi connectivity index (χ3v) is 5.34. The zero-order chi connectivity index (χ0) is 14.2. The molecule has 0 aliphatic carbocycles. The zero-order valence-electron chi connectivity index (χ0n) is 12.7. The van der Waals surface area contributed by atoms with Crippen LogP contribution in [0, 0.1) is 11.8 Å². The Kier molecular flexibility index (Phi) is 3.77. The van der Waals surface area contributed by atoms with E-state index in [1.807, 2.05) is 7.05 Å². The Labute approximate surface area is 125 Å². The lowest BCUT2D eigenvalue weighted by atomic mass is 9.82. The molecule has 2 bridgehead atoms. The summed E-state index contributed by atoms with van der Waals surface area (Å²) in [5, 5.41) is 3.45. The molecule has 5 unspecified atom stereocenters. The van der Waals surface area contributed by atoms with Gasteiger partial charge in [-0.25, -0.2) is 0 Å². The van der Waals surface area contributed by atoms with Gasteiger partial charge in [-0.3, -0.25) is 4.99 Å². The second kappa shape index (κ2) is 5.74. The first-order valence-corrected chi connectivity index (χ1v) is 8.15. The zero-order valence-corrected chi connectivity index (χ0v) is 12.7. The van der Waals surface area contributed by atoms with Gasteiger partial charge in [0, 0.05) is 38.5 Å². The molecule has 21 heavy (non-hydrogen) atoms. The molecular formula is C15H25N3O3. The van der Waals surface area contributed by atoms with Crippen LogP contribution in [0.3, 0.4) is 0 Å². The number of nitrogens with zero attached hydrogens (tertiary/aromatic N) is 2. The van der Waals surface area contributed by atoms with Crippen LogP contribution in [0.1, 0.15) is 12.8 Å². The Morgan fingerprint density at radius 1 is 1.19 bits per heavy atom. The second-order valence-electron chi connectivity index (χ2n) is 6.52. The lowest BCUT2D eigenvalue weighted by Gasteiger charge is -2.27. The first-order chi connectivity index (χ1) is 10.3. The summed E-state index contributed by atoms with van der Waals surface area (Å²) in [7, 11) is 1.86. The fourth-order valence-electron chi connectivity index (χ4n) is 4.32. The Bertz CT molecular complexity index is 393. The van der Waals surface area contributed by atoms with Crippen molar-refractivity contribution in [3.05, 3.63) is 0 Å². The third kappa shape index (κ3) is 2.53. The molecule has 0 spiro atoms. The highest BCUT2D eigenvalue weighted by molar-refractivity contribution is 5.80. The Morgan fingerprint density at radius 2 is 1.95 bits per heavy atom. The molecule has 4 saturated heterocycles. The van der Waals surface area contributed by atoms with Crippen molar-refractivity contribution in [1.82, 2.24) is 10.2 Å². The minimum atomic E-state index is 0.136. The van der Waals surface area contributed by atoms with E-state index in [9.17, 15) is 0 Å². The largest absolute Gasteiger partial charge is 0.376 e. The van der Waals surface area contributed by atoms with E-state index in [1.54, 1.807) is 0 Å². The first kappa shape index (κ1) is 13.8. The van der Waals surface area contributed by atoms with Crippen LogP contribution < -0.4 is 5.32 Å². The molecule has 4 rings (SSSR count). The monoisotopic (exact) mass is 295 g/mol. The molecule has 4 aliphatic heterocycles. The number of likely N-dealkylation sites (tertiary alicyclic amines) is 1. The van der Waals surface area contributed by atoms with Crippen LogP contribution >= 0.6 is 0 Å². The lowest BCUT2D eigenvalue weighted by molar-refractivity contribution is -0.0851. The molecule has 118 valence electrons. The molecule has 6 heteroatoms. The van der Waals surface area contributed by atoms with Crippen LogP contribution in [0.5, 0.6) is 0 Å². The highest BCUT2D eigenvalue weighted by atomic mass is 16.6. The highest BCUT2D eigenvalue weighted by Crippen LogP contribution is 2.47. The summed E-state index contributed by atoms with van der Waals surface area (Å²) in [6, 6.07) is 0. The van der Waals surface area contributed by atoms with Crippen LogP contribution in [-0.2, 0) is 14.2 Å². The maximum Gasteiger partial charge on any atom is 0.193 e. The molecule has 0 radical (unpaired) electrons. The van der Waals surface area contributed by atoms with Crippen molar-refractivity contribution < 1.29 is 14.2 Å². The molecule has 0 amide bonds. The topological polar surface area (TPSA) is 55.3 Å². The number of nitrogens with one attached hydrogen (secondary N) is 1. The Hall–Kier alpha value is -0.850. The number of fused-ring (bicyclic) bond motifs is 5. The van der Waals surface area contributed by atoms with E-state index in [0.29, 0.717) is 43.9 Å². The summed E-state index contributed by atoms with van der Waals surface area (Å²) in [6.07, 6.45) is 3.63. The minimum absolute atomic E-state index is 0.136. The summed E-state index contributed by atoms with van der Waals surface area (Å²) < 4.78 is 17.1. The summed E-state index contributed by atoms with van der Waals surface area (Å²) >= 11 is 0. The standard InChI is InChI=1S/C15H25N3O3/c1-16-15(17-6-10-9-19-4-5-20-10)18-7-11-12(8-18)14-3-2-13(11)21-14/h10-14H,2-9H2,1H3,(H,16,17). The van der Waals surface area contributed by atoms with Crippen molar-refractivity contribution in [3.63, 3.8) is 0 Å². The van der Waals surface area contributed by atoms with Crippen LogP contribution in [0.25, 0.3) is 0 Å². The van der Waals surface area contributed by atoms with E-state index in [-0.39, 0.29) is 6.10 Å². The number of aliphatic imine (C=N–C) groups is 1. The van der Waals surface area contributed by atoms with E-state index in [1.165, 1.54) is 12.8 Å². The maximum absolute atomic E-state index is 6.03. The van der Waals surface area contributed by atoms with Crippen LogP contribution in [0.4, 0.5) is 0 Å². The van der Waals surface area contributed by atoms with Gasteiger partial charge in [-0.05, 0) is 12.8 Å². The SMILES string of the molecule is CN=C(NCC1COCCO1)N1CC2C3CCC(O3)C2C1. The van der Waals surface area contributed by atoms with Gasteiger partial charge in [0.1, 0.15) is 0 Å². The smallest absolute Gasteiger partial charge is 0.193 e. The maximum atomic E-state index is 6.03. The van der Waals surface area contributed by atoms with Crippen molar-refractivity contribution in [2.45, 2.75) is 31.2 Å². The van der Waals surface area contributed by atoms with E-state index >= 15 is 0 Å². The summed E-state index contributed by atoms with van der Waals surface area (Å²) in [5.41, 5.74) is 0. The van der Waals surface area contributed by atoms with E-state index in [4.69, 9.17) is 14.2 Å². The molecule has 4 heterocycles. The number of guanidine groups is 1. The lowest BCUT2D eigenvalue weighted by Crippen LogP contribution is -2.46. The average molecular weight is 295 g/mol. The van der Waals surface area contributed by atoms with Crippen molar-refractivity contribution in [1.29, 1.82) is 0 Å². The molecule has 0 aromatic heterocycles. The predicted molar refractivity (Wildman–Crippen MR) is 78.4 cm³/mol. The number of rotatable bonds is 2. The van der Waals surface area contributed by atoms with Gasteiger partial charge < -0.3 is 24.4 Å². The molecule has 4 fully saturated rings. The summed E-state index contributed by atoms with van der Waals surface area (Å²) in [5.74, 6) is 2.41. The number of ether oxygens (including phenoxy) is 3. The molecule has 0 aromatic rings. The van der Waals surface area contributed by atoms with Crippen LogP contribution in [0.2, 0.25) is 0 Å². The highest BCUT2D eigenvalue weighted by Gasteiger charge is 2.53. The van der Waals surface area contributed by atoms with Crippen molar-refractivity contribution >= 4 is 5.96 Å². The molecule has 1 N–H and O–H groups in total. The molecule has 4 aliphatic rings.